The van der Waals surface area contributed by atoms with Crippen LogP contribution in [-0.4, -0.2) is 95.1 Å². The number of anilines is 1. The minimum atomic E-state index is -4.63. The van der Waals surface area contributed by atoms with Crippen molar-refractivity contribution in [1.29, 1.82) is 0 Å². The number of esters is 2. The third kappa shape index (κ3) is 14.3. The van der Waals surface area contributed by atoms with Gasteiger partial charge in [0.2, 0.25) is 0 Å². The normalized spacial score (nSPS) is 13.0. The minimum absolute atomic E-state index is 0.00596. The smallest absolute Gasteiger partial charge is 0.462 e. The predicted molar refractivity (Wildman–Crippen MR) is 189 cm³/mol. The quantitative estimate of drug-likeness (QED) is 0.0551. The number of hydrogen-bond donors (Lipinski definition) is 4. The number of aromatic nitrogens is 4. The number of H-pyrrole nitrogens is 1. The van der Waals surface area contributed by atoms with Crippen molar-refractivity contribution >= 4 is 42.7 Å². The number of aromatic amines is 1. The molecule has 0 aliphatic carbocycles. The van der Waals surface area contributed by atoms with E-state index in [1.165, 1.54) is 11.7 Å². The summed E-state index contributed by atoms with van der Waals surface area (Å²) in [5.74, 6) is -1.45. The van der Waals surface area contributed by atoms with Crippen LogP contribution in [0.5, 0.6) is 6.01 Å². The largest absolute Gasteiger partial charge is 0.472 e. The first-order chi connectivity index (χ1) is 25.0. The van der Waals surface area contributed by atoms with Crippen LogP contribution >= 0.6 is 7.82 Å². The Morgan fingerprint density at radius 1 is 0.962 bits per heavy atom. The van der Waals surface area contributed by atoms with Crippen LogP contribution in [0.3, 0.4) is 0 Å². The molecule has 19 heteroatoms. The van der Waals surface area contributed by atoms with Crippen molar-refractivity contribution in [3.8, 4) is 6.01 Å². The van der Waals surface area contributed by atoms with E-state index < -0.39 is 44.1 Å². The van der Waals surface area contributed by atoms with Crippen molar-refractivity contribution in [2.24, 2.45) is 0 Å². The Balaban J connectivity index is 1.49. The van der Waals surface area contributed by atoms with Gasteiger partial charge in [-0.15, -0.1) is 0 Å². The maximum absolute atomic E-state index is 12.7. The van der Waals surface area contributed by atoms with Crippen LogP contribution in [-0.2, 0) is 44.0 Å². The second-order valence-electron chi connectivity index (χ2n) is 11.7. The van der Waals surface area contributed by atoms with E-state index in [9.17, 15) is 28.6 Å². The second-order valence-corrected chi connectivity index (χ2v) is 13.2. The van der Waals surface area contributed by atoms with E-state index in [1.54, 1.807) is 24.3 Å². The van der Waals surface area contributed by atoms with Crippen LogP contribution in [0, 0.1) is 0 Å². The summed E-state index contributed by atoms with van der Waals surface area (Å²) in [6, 6.07) is 6.40. The SMILES string of the molecule is CCCCCC(=O)OCC(COP(=O)(O)OCCNC(=O)c1ccc(Cn2c(=O)[nH]c3c(N)nc(OCCOC)nc32)cc1)OC(=O)CCCCC. The van der Waals surface area contributed by atoms with Crippen LogP contribution in [0.1, 0.15) is 81.1 Å². The number of nitrogens with zero attached hydrogens (tertiary/aromatic N) is 3. The zero-order valence-corrected chi connectivity index (χ0v) is 30.7. The van der Waals surface area contributed by atoms with Gasteiger partial charge in [0.15, 0.2) is 17.6 Å². The Morgan fingerprint density at radius 2 is 1.65 bits per heavy atom. The van der Waals surface area contributed by atoms with Crippen molar-refractivity contribution in [2.75, 3.05) is 52.4 Å². The first kappa shape index (κ1) is 42.1. The fourth-order valence-electron chi connectivity index (χ4n) is 4.70. The molecule has 2 heterocycles. The van der Waals surface area contributed by atoms with E-state index in [0.717, 1.165) is 25.7 Å². The zero-order chi connectivity index (χ0) is 37.9. The average molecular weight is 753 g/mol. The summed E-state index contributed by atoms with van der Waals surface area (Å²) in [5.41, 5.74) is 7.00. The van der Waals surface area contributed by atoms with Gasteiger partial charge in [0.05, 0.1) is 26.4 Å². The Bertz CT molecular complexity index is 1700. The first-order valence-corrected chi connectivity index (χ1v) is 18.7. The fraction of sp³-hybridized carbons (Fsp3) is 0.576. The number of benzene rings is 1. The van der Waals surface area contributed by atoms with Gasteiger partial charge in [-0.25, -0.2) is 9.36 Å². The third-order valence-electron chi connectivity index (χ3n) is 7.47. The van der Waals surface area contributed by atoms with E-state index in [-0.39, 0.29) is 74.3 Å². The fourth-order valence-corrected chi connectivity index (χ4v) is 5.45. The molecule has 0 bridgehead atoms. The van der Waals surface area contributed by atoms with Gasteiger partial charge in [0.25, 0.3) is 5.91 Å². The number of fused-ring (bicyclic) bond motifs is 1. The Hall–Kier alpha value is -4.35. The van der Waals surface area contributed by atoms with E-state index in [0.29, 0.717) is 25.0 Å². The molecular weight excluding hydrogens is 703 g/mol. The van der Waals surface area contributed by atoms with E-state index in [1.807, 2.05) is 13.8 Å². The molecule has 2 aromatic heterocycles. The van der Waals surface area contributed by atoms with Gasteiger partial charge >= 0.3 is 31.5 Å². The summed E-state index contributed by atoms with van der Waals surface area (Å²) in [6.07, 6.45) is 4.04. The average Bonchev–Trinajstić information content (AvgIpc) is 3.43. The van der Waals surface area contributed by atoms with Crippen molar-refractivity contribution in [1.82, 2.24) is 24.8 Å². The summed E-state index contributed by atoms with van der Waals surface area (Å²) < 4.78 is 44.8. The number of methoxy groups -OCH3 is 1. The number of hydrogen-bond acceptors (Lipinski definition) is 14. The maximum Gasteiger partial charge on any atom is 0.472 e. The van der Waals surface area contributed by atoms with Gasteiger partial charge in [0.1, 0.15) is 18.7 Å². The number of carbonyl (C=O) groups is 3. The Morgan fingerprint density at radius 3 is 2.33 bits per heavy atom. The number of nitrogens with two attached hydrogens (primary N) is 1. The Kier molecular flexibility index (Phi) is 17.7. The minimum Gasteiger partial charge on any atom is -0.462 e. The van der Waals surface area contributed by atoms with Gasteiger partial charge < -0.3 is 39.9 Å². The van der Waals surface area contributed by atoms with E-state index in [2.05, 4.69) is 20.3 Å². The number of amides is 1. The lowest BCUT2D eigenvalue weighted by Gasteiger charge is -2.20. The molecule has 0 radical (unpaired) electrons. The van der Waals surface area contributed by atoms with Crippen LogP contribution in [0.4, 0.5) is 5.82 Å². The van der Waals surface area contributed by atoms with Crippen LogP contribution in [0.15, 0.2) is 29.1 Å². The number of nitrogen functional groups attached to an aromatic ring is 1. The number of carbonyl (C=O) groups excluding carboxylic acids is 3. The Labute approximate surface area is 301 Å². The molecule has 0 saturated carbocycles. The maximum atomic E-state index is 12.7. The van der Waals surface area contributed by atoms with Gasteiger partial charge in [-0.05, 0) is 30.5 Å². The highest BCUT2D eigenvalue weighted by Gasteiger charge is 2.26. The molecule has 1 aromatic carbocycles. The molecule has 3 rings (SSSR count). The molecule has 5 N–H and O–H groups in total. The number of nitrogens with one attached hydrogen (secondary N) is 2. The van der Waals surface area contributed by atoms with Gasteiger partial charge in [0, 0.05) is 32.1 Å². The summed E-state index contributed by atoms with van der Waals surface area (Å²) in [4.78, 5) is 70.8. The zero-order valence-electron chi connectivity index (χ0n) is 29.8. The van der Waals surface area contributed by atoms with Crippen LogP contribution < -0.4 is 21.5 Å². The predicted octanol–water partition coefficient (Wildman–Crippen LogP) is 3.25. The monoisotopic (exact) mass is 752 g/mol. The van der Waals surface area contributed by atoms with Crippen molar-refractivity contribution in [2.45, 2.75) is 77.9 Å². The topological polar surface area (TPSA) is 246 Å². The molecule has 1 amide bonds. The molecular formula is C33H49N6O12P. The molecule has 0 aliphatic rings. The molecule has 2 atom stereocenters. The van der Waals surface area contributed by atoms with Crippen LogP contribution in [0.25, 0.3) is 11.2 Å². The molecule has 18 nitrogen and oxygen atoms in total. The highest BCUT2D eigenvalue weighted by molar-refractivity contribution is 7.47. The van der Waals surface area contributed by atoms with Gasteiger partial charge in [-0.1, -0.05) is 51.7 Å². The number of rotatable bonds is 25. The molecule has 0 aliphatic heterocycles. The lowest BCUT2D eigenvalue weighted by atomic mass is 10.1. The van der Waals surface area contributed by atoms with Crippen LogP contribution in [0.2, 0.25) is 0 Å². The number of unbranched alkanes of at least 4 members (excludes halogenated alkanes) is 4. The third-order valence-corrected chi connectivity index (χ3v) is 8.45. The number of imidazole rings is 1. The summed E-state index contributed by atoms with van der Waals surface area (Å²) in [5, 5.41) is 2.58. The molecule has 2 unspecified atom stereocenters. The first-order valence-electron chi connectivity index (χ1n) is 17.2. The molecule has 0 fully saturated rings. The van der Waals surface area contributed by atoms with Crippen molar-refractivity contribution < 1.29 is 51.8 Å². The van der Waals surface area contributed by atoms with E-state index >= 15 is 0 Å². The van der Waals surface area contributed by atoms with E-state index in [4.69, 9.17) is 33.7 Å². The highest BCUT2D eigenvalue weighted by Crippen LogP contribution is 2.43. The van der Waals surface area contributed by atoms with Crippen molar-refractivity contribution in [3.05, 3.63) is 45.9 Å². The summed E-state index contributed by atoms with van der Waals surface area (Å²) in [7, 11) is -3.11. The lowest BCUT2D eigenvalue weighted by molar-refractivity contribution is -0.161. The lowest BCUT2D eigenvalue weighted by Crippen LogP contribution is -2.30. The second kappa shape index (κ2) is 21.9. The van der Waals surface area contributed by atoms with Gasteiger partial charge in [-0.3, -0.25) is 28.0 Å². The molecule has 0 saturated heterocycles. The molecule has 288 valence electrons. The standard InChI is InChI=1S/C33H49N6O12P/c1-4-6-8-10-26(40)48-21-25(51-27(41)11-9-7-5-2)22-50-52(44,45)49-17-16-35-31(42)24-14-12-23(13-15-24)20-39-30-28(36-33(39)43)29(34)37-32(38-30)47-19-18-46-3/h12-15,25H,4-11,16-22H2,1-3H3,(H,35,42)(H,36,43)(H,44,45)(H2,34,37,38). The van der Waals surface area contributed by atoms with Gasteiger partial charge in [-0.2, -0.15) is 9.97 Å². The number of phosphoric acid groups is 1. The molecule has 52 heavy (non-hydrogen) atoms. The van der Waals surface area contributed by atoms with Crippen molar-refractivity contribution in [3.63, 3.8) is 0 Å². The number of phosphoric ester groups is 1. The molecule has 0 spiro atoms. The summed E-state index contributed by atoms with van der Waals surface area (Å²) in [6.45, 7) is 3.19. The molecule has 3 aromatic rings. The summed E-state index contributed by atoms with van der Waals surface area (Å²) >= 11 is 0. The highest BCUT2D eigenvalue weighted by atomic mass is 31.2. The number of ether oxygens (including phenoxy) is 4.